The smallest absolute Gasteiger partial charge is 0.0499 e. The third-order valence-corrected chi connectivity index (χ3v) is 2.82. The molecule has 1 rings (SSSR count). The molecule has 1 nitrogen and oxygen atoms in total. The molecule has 0 heterocycles. The summed E-state index contributed by atoms with van der Waals surface area (Å²) in [6.07, 6.45) is 0. The molecule has 0 aliphatic heterocycles. The SMILES string of the molecule is [CH2]C(CO)c1cc(Br)ccc1C(C)C. The van der Waals surface area contributed by atoms with E-state index >= 15 is 0 Å². The highest BCUT2D eigenvalue weighted by Gasteiger charge is 2.12. The molecule has 0 bridgehead atoms. The number of aliphatic hydroxyl groups excluding tert-OH is 1. The number of hydrogen-bond acceptors (Lipinski definition) is 1. The summed E-state index contributed by atoms with van der Waals surface area (Å²) in [6, 6.07) is 6.17. The molecule has 77 valence electrons. The second-order valence-corrected chi connectivity index (χ2v) is 4.72. The van der Waals surface area contributed by atoms with Gasteiger partial charge < -0.3 is 5.11 Å². The minimum absolute atomic E-state index is 0.0371. The molecule has 1 radical (unpaired) electrons. The van der Waals surface area contributed by atoms with Crippen LogP contribution in [0.4, 0.5) is 0 Å². The summed E-state index contributed by atoms with van der Waals surface area (Å²) in [6.45, 7) is 8.33. The van der Waals surface area contributed by atoms with Crippen molar-refractivity contribution in [2.45, 2.75) is 25.7 Å². The maximum atomic E-state index is 9.11. The first-order valence-electron chi connectivity index (χ1n) is 4.79. The fraction of sp³-hybridized carbons (Fsp3) is 0.417. The molecule has 0 aliphatic carbocycles. The second kappa shape index (κ2) is 4.94. The van der Waals surface area contributed by atoms with Gasteiger partial charge in [0.1, 0.15) is 0 Å². The molecule has 14 heavy (non-hydrogen) atoms. The summed E-state index contributed by atoms with van der Waals surface area (Å²) in [4.78, 5) is 0. The van der Waals surface area contributed by atoms with E-state index in [4.69, 9.17) is 5.11 Å². The maximum absolute atomic E-state index is 9.11. The van der Waals surface area contributed by atoms with Gasteiger partial charge in [-0.1, -0.05) is 35.8 Å². The Labute approximate surface area is 94.3 Å². The molecular formula is C12H16BrO. The zero-order valence-electron chi connectivity index (χ0n) is 8.63. The van der Waals surface area contributed by atoms with Crippen LogP contribution in [0.1, 0.15) is 36.8 Å². The van der Waals surface area contributed by atoms with Crippen LogP contribution in [0.25, 0.3) is 0 Å². The van der Waals surface area contributed by atoms with Crippen molar-refractivity contribution >= 4 is 15.9 Å². The van der Waals surface area contributed by atoms with Crippen LogP contribution in [0.2, 0.25) is 0 Å². The van der Waals surface area contributed by atoms with E-state index in [0.29, 0.717) is 5.92 Å². The van der Waals surface area contributed by atoms with Gasteiger partial charge in [-0.05, 0) is 36.1 Å². The van der Waals surface area contributed by atoms with E-state index in [9.17, 15) is 0 Å². The van der Waals surface area contributed by atoms with Crippen molar-refractivity contribution in [1.29, 1.82) is 0 Å². The summed E-state index contributed by atoms with van der Waals surface area (Å²) in [5, 5.41) is 9.11. The molecule has 0 saturated carbocycles. The molecule has 0 amide bonds. The zero-order valence-corrected chi connectivity index (χ0v) is 10.2. The predicted octanol–water partition coefficient (Wildman–Crippen LogP) is 3.48. The van der Waals surface area contributed by atoms with Crippen molar-refractivity contribution in [3.05, 3.63) is 40.7 Å². The zero-order chi connectivity index (χ0) is 10.7. The summed E-state index contributed by atoms with van der Waals surface area (Å²) in [5.74, 6) is 0.429. The van der Waals surface area contributed by atoms with Crippen LogP contribution in [0.3, 0.4) is 0 Å². The molecule has 0 fully saturated rings. The minimum atomic E-state index is -0.0371. The molecule has 1 unspecified atom stereocenters. The third-order valence-electron chi connectivity index (χ3n) is 2.33. The Morgan fingerprint density at radius 3 is 2.50 bits per heavy atom. The molecule has 2 heteroatoms. The lowest BCUT2D eigenvalue weighted by Crippen LogP contribution is -2.04. The highest BCUT2D eigenvalue weighted by molar-refractivity contribution is 9.10. The van der Waals surface area contributed by atoms with Gasteiger partial charge >= 0.3 is 0 Å². The Morgan fingerprint density at radius 1 is 1.36 bits per heavy atom. The first kappa shape index (κ1) is 11.7. The Morgan fingerprint density at radius 2 is 2.00 bits per heavy atom. The largest absolute Gasteiger partial charge is 0.396 e. The highest BCUT2D eigenvalue weighted by atomic mass is 79.9. The first-order valence-corrected chi connectivity index (χ1v) is 5.58. The Kier molecular flexibility index (Phi) is 4.14. The number of rotatable bonds is 3. The van der Waals surface area contributed by atoms with Crippen LogP contribution in [0.15, 0.2) is 22.7 Å². The van der Waals surface area contributed by atoms with Gasteiger partial charge in [0.15, 0.2) is 0 Å². The fourth-order valence-electron chi connectivity index (χ4n) is 1.52. The third kappa shape index (κ3) is 2.58. The predicted molar refractivity (Wildman–Crippen MR) is 63.4 cm³/mol. The Balaban J connectivity index is 3.15. The van der Waals surface area contributed by atoms with Gasteiger partial charge in [0.2, 0.25) is 0 Å². The molecule has 1 atom stereocenters. The second-order valence-electron chi connectivity index (χ2n) is 3.81. The van der Waals surface area contributed by atoms with E-state index in [1.165, 1.54) is 5.56 Å². The molecule has 1 aromatic carbocycles. The van der Waals surface area contributed by atoms with Crippen LogP contribution in [-0.2, 0) is 0 Å². The van der Waals surface area contributed by atoms with E-state index in [2.05, 4.69) is 42.8 Å². The van der Waals surface area contributed by atoms with Gasteiger partial charge in [-0.15, -0.1) is 0 Å². The van der Waals surface area contributed by atoms with Gasteiger partial charge in [0.05, 0.1) is 0 Å². The molecule has 0 saturated heterocycles. The van der Waals surface area contributed by atoms with E-state index in [0.717, 1.165) is 10.0 Å². The highest BCUT2D eigenvalue weighted by Crippen LogP contribution is 2.28. The Bertz CT molecular complexity index is 307. The van der Waals surface area contributed by atoms with Crippen molar-refractivity contribution in [3.8, 4) is 0 Å². The number of benzene rings is 1. The van der Waals surface area contributed by atoms with E-state index in [1.54, 1.807) is 0 Å². The fourth-order valence-corrected chi connectivity index (χ4v) is 1.90. The molecule has 0 spiro atoms. The summed E-state index contributed by atoms with van der Waals surface area (Å²) >= 11 is 3.43. The maximum Gasteiger partial charge on any atom is 0.0499 e. The number of halogens is 1. The summed E-state index contributed by atoms with van der Waals surface area (Å²) < 4.78 is 1.04. The van der Waals surface area contributed by atoms with Crippen molar-refractivity contribution < 1.29 is 5.11 Å². The summed E-state index contributed by atoms with van der Waals surface area (Å²) in [7, 11) is 0. The van der Waals surface area contributed by atoms with Crippen LogP contribution in [-0.4, -0.2) is 11.7 Å². The number of hydrogen-bond donors (Lipinski definition) is 1. The van der Waals surface area contributed by atoms with Crippen LogP contribution >= 0.6 is 15.9 Å². The van der Waals surface area contributed by atoms with E-state index < -0.39 is 0 Å². The molecule has 0 aliphatic rings. The van der Waals surface area contributed by atoms with E-state index in [-0.39, 0.29) is 12.5 Å². The van der Waals surface area contributed by atoms with Crippen molar-refractivity contribution in [1.82, 2.24) is 0 Å². The van der Waals surface area contributed by atoms with Crippen LogP contribution < -0.4 is 0 Å². The quantitative estimate of drug-likeness (QED) is 0.877. The van der Waals surface area contributed by atoms with Gasteiger partial charge in [0, 0.05) is 17.0 Å². The standard InChI is InChI=1S/C12H16BrO/c1-8(2)11-5-4-10(13)6-12(11)9(3)7-14/h4-6,8-9,14H,3,7H2,1-2H3. The minimum Gasteiger partial charge on any atom is -0.396 e. The van der Waals surface area contributed by atoms with Gasteiger partial charge in [-0.25, -0.2) is 0 Å². The lowest BCUT2D eigenvalue weighted by molar-refractivity contribution is 0.282. The monoisotopic (exact) mass is 255 g/mol. The first-order chi connectivity index (χ1) is 6.56. The summed E-state index contributed by atoms with van der Waals surface area (Å²) in [5.41, 5.74) is 2.40. The van der Waals surface area contributed by atoms with Gasteiger partial charge in [-0.2, -0.15) is 0 Å². The average Bonchev–Trinajstić information content (AvgIpc) is 2.16. The Hall–Kier alpha value is -0.340. The average molecular weight is 256 g/mol. The molecule has 1 N–H and O–H groups in total. The van der Waals surface area contributed by atoms with Gasteiger partial charge in [-0.3, -0.25) is 0 Å². The lowest BCUT2D eigenvalue weighted by atomic mass is 9.90. The van der Waals surface area contributed by atoms with E-state index in [1.807, 2.05) is 12.1 Å². The molecular weight excluding hydrogens is 240 g/mol. The van der Waals surface area contributed by atoms with Crippen molar-refractivity contribution in [3.63, 3.8) is 0 Å². The lowest BCUT2D eigenvalue weighted by Gasteiger charge is -2.17. The molecule has 1 aromatic rings. The number of aliphatic hydroxyl groups is 1. The normalized spacial score (nSPS) is 13.3. The van der Waals surface area contributed by atoms with Crippen LogP contribution in [0, 0.1) is 6.92 Å². The topological polar surface area (TPSA) is 20.2 Å². The van der Waals surface area contributed by atoms with Crippen LogP contribution in [0.5, 0.6) is 0 Å². The van der Waals surface area contributed by atoms with Gasteiger partial charge in [0.25, 0.3) is 0 Å². The van der Waals surface area contributed by atoms with Crippen molar-refractivity contribution in [2.75, 3.05) is 6.61 Å². The van der Waals surface area contributed by atoms with Crippen molar-refractivity contribution in [2.24, 2.45) is 0 Å². The molecule has 0 aromatic heterocycles.